The molecule has 0 N–H and O–H groups in total. The van der Waals surface area contributed by atoms with Gasteiger partial charge in [0.25, 0.3) is 0 Å². The lowest BCUT2D eigenvalue weighted by atomic mass is 10.3. The number of ether oxygens (including phenoxy) is 1. The van der Waals surface area contributed by atoms with Crippen molar-refractivity contribution < 1.29 is 13.9 Å². The number of carbonyl (C=O) groups excluding carboxylic acids is 1. The number of alkyl halides is 2. The van der Waals surface area contributed by atoms with Gasteiger partial charge in [0.1, 0.15) is 5.75 Å². The number of isocyanates is 1. The van der Waals surface area contributed by atoms with E-state index in [1.54, 1.807) is 0 Å². The highest BCUT2D eigenvalue weighted by molar-refractivity contribution is 6.32. The van der Waals surface area contributed by atoms with Crippen LogP contribution in [0.4, 0.5) is 10.1 Å². The first-order valence-electron chi connectivity index (χ1n) is 3.45. The molecule has 14 heavy (non-hydrogen) atoms. The molecule has 1 atom stereocenters. The lowest BCUT2D eigenvalue weighted by Gasteiger charge is -2.06. The highest BCUT2D eigenvalue weighted by Gasteiger charge is 2.07. The van der Waals surface area contributed by atoms with Crippen LogP contribution in [0.25, 0.3) is 0 Å². The van der Waals surface area contributed by atoms with Gasteiger partial charge in [-0.3, -0.25) is 0 Å². The van der Waals surface area contributed by atoms with Crippen LogP contribution in [0.2, 0.25) is 5.02 Å². The molecule has 0 saturated carbocycles. The highest BCUT2D eigenvalue weighted by Crippen LogP contribution is 2.30. The molecule has 1 unspecified atom stereocenters. The van der Waals surface area contributed by atoms with Crippen LogP contribution < -0.4 is 4.74 Å². The summed E-state index contributed by atoms with van der Waals surface area (Å²) in [6.45, 7) is 0. The fourth-order valence-electron chi connectivity index (χ4n) is 0.804. The molecule has 0 saturated heterocycles. The third-order valence-corrected chi connectivity index (χ3v) is 1.69. The first kappa shape index (κ1) is 11.0. The Bertz CT molecular complexity index is 378. The van der Waals surface area contributed by atoms with Crippen LogP contribution >= 0.6 is 23.2 Å². The molecule has 0 bridgehead atoms. The molecule has 0 radical (unpaired) electrons. The van der Waals surface area contributed by atoms with Gasteiger partial charge in [-0.05, 0) is 29.8 Å². The van der Waals surface area contributed by atoms with Gasteiger partial charge in [0.05, 0.1) is 10.7 Å². The van der Waals surface area contributed by atoms with Crippen LogP contribution in [-0.2, 0) is 4.79 Å². The Morgan fingerprint density at radius 2 is 2.29 bits per heavy atom. The average Bonchev–Trinajstić information content (AvgIpc) is 2.10. The predicted octanol–water partition coefficient (Wildman–Crippen LogP) is 3.18. The van der Waals surface area contributed by atoms with Crippen molar-refractivity contribution in [1.29, 1.82) is 0 Å². The monoisotopic (exact) mass is 235 g/mol. The zero-order valence-electron chi connectivity index (χ0n) is 6.71. The van der Waals surface area contributed by atoms with Crippen LogP contribution in [-0.4, -0.2) is 11.9 Å². The highest BCUT2D eigenvalue weighted by atomic mass is 35.5. The van der Waals surface area contributed by atoms with E-state index in [4.69, 9.17) is 23.2 Å². The second-order valence-electron chi connectivity index (χ2n) is 2.20. The number of nitrogens with zero attached hydrogens (tertiary/aromatic N) is 1. The van der Waals surface area contributed by atoms with Gasteiger partial charge >= 0.3 is 5.82 Å². The molecule has 3 nitrogen and oxygen atoms in total. The zero-order valence-corrected chi connectivity index (χ0v) is 8.22. The van der Waals surface area contributed by atoms with Gasteiger partial charge in [-0.2, -0.15) is 9.38 Å². The molecule has 0 heterocycles. The van der Waals surface area contributed by atoms with Gasteiger partial charge in [-0.25, -0.2) is 4.79 Å². The molecule has 0 spiro atoms. The van der Waals surface area contributed by atoms with E-state index in [1.807, 2.05) is 0 Å². The maximum absolute atomic E-state index is 12.2. The van der Waals surface area contributed by atoms with E-state index in [0.29, 0.717) is 5.69 Å². The number of benzene rings is 1. The second kappa shape index (κ2) is 4.96. The smallest absolute Gasteiger partial charge is 0.316 e. The van der Waals surface area contributed by atoms with E-state index in [-0.39, 0.29) is 10.8 Å². The minimum Gasteiger partial charge on any atom is -0.446 e. The number of hydrogen-bond acceptors (Lipinski definition) is 3. The van der Waals surface area contributed by atoms with Crippen LogP contribution in [0.5, 0.6) is 5.75 Å². The van der Waals surface area contributed by atoms with Crippen molar-refractivity contribution in [3.05, 3.63) is 23.2 Å². The van der Waals surface area contributed by atoms with Crippen molar-refractivity contribution >= 4 is 35.0 Å². The molecular weight excluding hydrogens is 232 g/mol. The lowest BCUT2D eigenvalue weighted by Crippen LogP contribution is -2.00. The summed E-state index contributed by atoms with van der Waals surface area (Å²) in [6.07, 6.45) is 1.35. The van der Waals surface area contributed by atoms with E-state index < -0.39 is 5.82 Å². The molecule has 0 aliphatic carbocycles. The van der Waals surface area contributed by atoms with E-state index >= 15 is 0 Å². The third-order valence-electron chi connectivity index (χ3n) is 1.31. The Labute approximate surface area is 89.1 Å². The number of rotatable bonds is 3. The summed E-state index contributed by atoms with van der Waals surface area (Å²) in [5, 5.41) is 0.116. The van der Waals surface area contributed by atoms with Gasteiger partial charge in [-0.15, -0.1) is 0 Å². The average molecular weight is 236 g/mol. The Hall–Kier alpha value is -1.09. The summed E-state index contributed by atoms with van der Waals surface area (Å²) >= 11 is 10.6. The minimum atomic E-state index is -1.96. The molecule has 74 valence electrons. The van der Waals surface area contributed by atoms with Crippen molar-refractivity contribution in [2.45, 2.75) is 5.82 Å². The van der Waals surface area contributed by atoms with Crippen LogP contribution in [0.1, 0.15) is 0 Å². The van der Waals surface area contributed by atoms with Crippen molar-refractivity contribution in [3.8, 4) is 5.75 Å². The number of hydrogen-bond donors (Lipinski definition) is 0. The van der Waals surface area contributed by atoms with Gasteiger partial charge < -0.3 is 4.74 Å². The van der Waals surface area contributed by atoms with Gasteiger partial charge in [-0.1, -0.05) is 11.6 Å². The molecule has 1 aromatic carbocycles. The summed E-state index contributed by atoms with van der Waals surface area (Å²) in [5.74, 6) is -1.88. The normalized spacial score (nSPS) is 11.6. The standard InChI is InChI=1S/C8H4Cl2FNO2/c9-6-3-5(12-4-13)1-2-7(6)14-8(10)11/h1-3,8H. The summed E-state index contributed by atoms with van der Waals surface area (Å²) < 4.78 is 16.7. The predicted molar refractivity (Wildman–Crippen MR) is 50.6 cm³/mol. The summed E-state index contributed by atoms with van der Waals surface area (Å²) in [7, 11) is 0. The summed E-state index contributed by atoms with van der Waals surface area (Å²) in [4.78, 5) is 13.2. The van der Waals surface area contributed by atoms with E-state index in [9.17, 15) is 9.18 Å². The number of halogens is 3. The topological polar surface area (TPSA) is 38.7 Å². The fourth-order valence-corrected chi connectivity index (χ4v) is 1.12. The van der Waals surface area contributed by atoms with Crippen LogP contribution in [0.3, 0.4) is 0 Å². The maximum Gasteiger partial charge on any atom is 0.316 e. The molecule has 0 fully saturated rings. The molecule has 6 heteroatoms. The molecule has 0 aromatic heterocycles. The second-order valence-corrected chi connectivity index (χ2v) is 2.95. The zero-order chi connectivity index (χ0) is 10.6. The maximum atomic E-state index is 12.2. The van der Waals surface area contributed by atoms with Crippen molar-refractivity contribution in [2.75, 3.05) is 0 Å². The first-order valence-corrected chi connectivity index (χ1v) is 4.27. The molecule has 1 aromatic rings. The lowest BCUT2D eigenvalue weighted by molar-refractivity contribution is 0.147. The van der Waals surface area contributed by atoms with Crippen LogP contribution in [0.15, 0.2) is 23.2 Å². The Morgan fingerprint density at radius 1 is 1.57 bits per heavy atom. The van der Waals surface area contributed by atoms with Gasteiger partial charge in [0.2, 0.25) is 6.08 Å². The van der Waals surface area contributed by atoms with Crippen LogP contribution in [0, 0.1) is 0 Å². The SMILES string of the molecule is O=C=Nc1ccc(OC(F)Cl)c(Cl)c1. The van der Waals surface area contributed by atoms with E-state index in [0.717, 1.165) is 0 Å². The quantitative estimate of drug-likeness (QED) is 0.459. The van der Waals surface area contributed by atoms with Crippen molar-refractivity contribution in [2.24, 2.45) is 4.99 Å². The van der Waals surface area contributed by atoms with E-state index in [1.165, 1.54) is 24.3 Å². The van der Waals surface area contributed by atoms with Crippen molar-refractivity contribution in [3.63, 3.8) is 0 Å². The fraction of sp³-hybridized carbons (Fsp3) is 0.125. The minimum absolute atomic E-state index is 0.0824. The third kappa shape index (κ3) is 3.00. The first-order chi connectivity index (χ1) is 6.63. The van der Waals surface area contributed by atoms with Crippen molar-refractivity contribution in [1.82, 2.24) is 0 Å². The van der Waals surface area contributed by atoms with E-state index in [2.05, 4.69) is 9.73 Å². The Balaban J connectivity index is 2.95. The van der Waals surface area contributed by atoms with Gasteiger partial charge in [0.15, 0.2) is 0 Å². The Morgan fingerprint density at radius 3 is 2.79 bits per heavy atom. The summed E-state index contributed by atoms with van der Waals surface area (Å²) in [6, 6.07) is 4.11. The molecular formula is C8H4Cl2FNO2. The molecule has 1 rings (SSSR count). The Kier molecular flexibility index (Phi) is 3.89. The summed E-state index contributed by atoms with van der Waals surface area (Å²) in [5.41, 5.74) is 0.308. The molecule has 0 amide bonds. The number of aliphatic imine (C=N–C) groups is 1. The largest absolute Gasteiger partial charge is 0.446 e. The molecule has 0 aliphatic heterocycles. The van der Waals surface area contributed by atoms with Gasteiger partial charge in [0, 0.05) is 0 Å². The molecule has 0 aliphatic rings.